The lowest BCUT2D eigenvalue weighted by Gasteiger charge is -2.19. The Hall–Kier alpha value is -2.11. The summed E-state index contributed by atoms with van der Waals surface area (Å²) in [5, 5.41) is 0.129. The van der Waals surface area contributed by atoms with E-state index >= 15 is 0 Å². The Kier molecular flexibility index (Phi) is 2.73. The molecule has 0 unspecified atom stereocenters. The van der Waals surface area contributed by atoms with Gasteiger partial charge in [-0.2, -0.15) is 0 Å². The molecule has 2 aromatic heterocycles. The molecular formula is C12H14N2O4. The molecule has 0 bridgehead atoms. The van der Waals surface area contributed by atoms with Gasteiger partial charge in [-0.25, -0.2) is 9.78 Å². The average molecular weight is 250 g/mol. The fourth-order valence-corrected chi connectivity index (χ4v) is 1.63. The highest BCUT2D eigenvalue weighted by Gasteiger charge is 2.26. The molecule has 0 fully saturated rings. The molecule has 18 heavy (non-hydrogen) atoms. The summed E-state index contributed by atoms with van der Waals surface area (Å²) in [7, 11) is 0. The van der Waals surface area contributed by atoms with Gasteiger partial charge in [-0.15, -0.1) is 0 Å². The van der Waals surface area contributed by atoms with Crippen molar-refractivity contribution in [3.8, 4) is 0 Å². The molecule has 6 nitrogen and oxygen atoms in total. The van der Waals surface area contributed by atoms with E-state index in [1.165, 1.54) is 6.33 Å². The fourth-order valence-electron chi connectivity index (χ4n) is 1.63. The summed E-state index contributed by atoms with van der Waals surface area (Å²) in [5.74, 6) is -0.263. The summed E-state index contributed by atoms with van der Waals surface area (Å²) in [6, 6.07) is 0. The van der Waals surface area contributed by atoms with Crippen molar-refractivity contribution in [2.75, 3.05) is 0 Å². The number of H-pyrrole nitrogens is 1. The van der Waals surface area contributed by atoms with Gasteiger partial charge in [-0.1, -0.05) is 0 Å². The predicted octanol–water partition coefficient (Wildman–Crippen LogP) is 1.78. The van der Waals surface area contributed by atoms with Crippen molar-refractivity contribution >= 4 is 17.1 Å². The zero-order valence-electron chi connectivity index (χ0n) is 10.7. The highest BCUT2D eigenvalue weighted by atomic mass is 16.6. The Bertz CT molecular complexity index is 661. The molecule has 0 atom stereocenters. The molecule has 0 radical (unpaired) electrons. The quantitative estimate of drug-likeness (QED) is 0.780. The molecule has 0 amide bonds. The van der Waals surface area contributed by atoms with Gasteiger partial charge >= 0.3 is 5.97 Å². The highest BCUT2D eigenvalue weighted by molar-refractivity contribution is 6.03. The van der Waals surface area contributed by atoms with E-state index in [2.05, 4.69) is 9.97 Å². The van der Waals surface area contributed by atoms with Crippen molar-refractivity contribution in [2.45, 2.75) is 33.3 Å². The molecule has 0 aliphatic heterocycles. The van der Waals surface area contributed by atoms with Crippen LogP contribution in [0.25, 0.3) is 11.1 Å². The summed E-state index contributed by atoms with van der Waals surface area (Å²) >= 11 is 0. The number of fused-ring (bicyclic) bond motifs is 1. The lowest BCUT2D eigenvalue weighted by molar-refractivity contribution is 0.00698. The van der Waals surface area contributed by atoms with Crippen molar-refractivity contribution in [2.24, 2.45) is 0 Å². The second kappa shape index (κ2) is 3.97. The molecule has 6 heteroatoms. The number of esters is 1. The summed E-state index contributed by atoms with van der Waals surface area (Å²) in [6.45, 7) is 6.86. The largest absolute Gasteiger partial charge is 0.456 e. The van der Waals surface area contributed by atoms with Crippen molar-refractivity contribution in [3.05, 3.63) is 28.0 Å². The number of aromatic nitrogens is 2. The number of furan rings is 1. The fraction of sp³-hybridized carbons (Fsp3) is 0.417. The molecule has 0 aromatic carbocycles. The monoisotopic (exact) mass is 250 g/mol. The van der Waals surface area contributed by atoms with Crippen LogP contribution in [-0.2, 0) is 4.74 Å². The van der Waals surface area contributed by atoms with Crippen LogP contribution >= 0.6 is 0 Å². The van der Waals surface area contributed by atoms with Gasteiger partial charge in [-0.3, -0.25) is 4.79 Å². The molecule has 0 saturated heterocycles. The normalized spacial score (nSPS) is 11.8. The zero-order chi connectivity index (χ0) is 13.5. The van der Waals surface area contributed by atoms with Gasteiger partial charge in [0.1, 0.15) is 22.3 Å². The topological polar surface area (TPSA) is 85.2 Å². The predicted molar refractivity (Wildman–Crippen MR) is 64.5 cm³/mol. The molecule has 2 rings (SSSR count). The minimum absolute atomic E-state index is 0.129. The minimum atomic E-state index is -0.637. The molecule has 0 spiro atoms. The minimum Gasteiger partial charge on any atom is -0.456 e. The summed E-state index contributed by atoms with van der Waals surface area (Å²) in [4.78, 5) is 30.0. The van der Waals surface area contributed by atoms with Crippen LogP contribution in [0, 0.1) is 6.92 Å². The number of ether oxygens (including phenoxy) is 1. The van der Waals surface area contributed by atoms with E-state index in [4.69, 9.17) is 9.15 Å². The first-order valence-electron chi connectivity index (χ1n) is 5.50. The van der Waals surface area contributed by atoms with Gasteiger partial charge in [0, 0.05) is 0 Å². The van der Waals surface area contributed by atoms with Crippen LogP contribution in [0.1, 0.15) is 36.9 Å². The number of nitrogens with zero attached hydrogens (tertiary/aromatic N) is 1. The van der Waals surface area contributed by atoms with Crippen molar-refractivity contribution in [3.63, 3.8) is 0 Å². The molecular weight excluding hydrogens is 236 g/mol. The number of hydrogen-bond acceptors (Lipinski definition) is 5. The zero-order valence-corrected chi connectivity index (χ0v) is 10.7. The molecule has 1 N–H and O–H groups in total. The smallest absolute Gasteiger partial charge is 0.343 e. The van der Waals surface area contributed by atoms with Crippen molar-refractivity contribution in [1.82, 2.24) is 9.97 Å². The van der Waals surface area contributed by atoms with Crippen LogP contribution in [0.3, 0.4) is 0 Å². The Morgan fingerprint density at radius 2 is 2.11 bits per heavy atom. The first kappa shape index (κ1) is 12.3. The number of rotatable bonds is 1. The lowest BCUT2D eigenvalue weighted by atomic mass is 10.1. The first-order chi connectivity index (χ1) is 8.29. The van der Waals surface area contributed by atoms with Gasteiger partial charge in [0.15, 0.2) is 0 Å². The Labute approximate surface area is 103 Å². The summed E-state index contributed by atoms with van der Waals surface area (Å²) in [5.41, 5.74) is -0.786. The van der Waals surface area contributed by atoms with E-state index in [0.717, 1.165) is 0 Å². The summed E-state index contributed by atoms with van der Waals surface area (Å²) in [6.07, 6.45) is 1.23. The van der Waals surface area contributed by atoms with E-state index in [0.29, 0.717) is 5.76 Å². The van der Waals surface area contributed by atoms with Gasteiger partial charge in [-0.05, 0) is 27.7 Å². The highest BCUT2D eigenvalue weighted by Crippen LogP contribution is 2.23. The number of nitrogens with one attached hydrogen (secondary N) is 1. The number of carbonyl (C=O) groups excluding carboxylic acids is 1. The Balaban J connectivity index is 2.61. The maximum atomic E-state index is 12.0. The molecule has 96 valence electrons. The third-order valence-corrected chi connectivity index (χ3v) is 2.27. The van der Waals surface area contributed by atoms with Gasteiger partial charge in [0.05, 0.1) is 6.33 Å². The number of hydrogen-bond donors (Lipinski definition) is 1. The van der Waals surface area contributed by atoms with Crippen LogP contribution in [0.2, 0.25) is 0 Å². The molecule has 2 heterocycles. The van der Waals surface area contributed by atoms with Crippen molar-refractivity contribution < 1.29 is 13.9 Å². The van der Waals surface area contributed by atoms with Gasteiger partial charge < -0.3 is 14.1 Å². The van der Waals surface area contributed by atoms with E-state index in [9.17, 15) is 9.59 Å². The van der Waals surface area contributed by atoms with E-state index in [-0.39, 0.29) is 16.7 Å². The SMILES string of the molecule is Cc1oc2nc[nH]c(=O)c2c1C(=O)OC(C)(C)C. The van der Waals surface area contributed by atoms with Crippen LogP contribution in [-0.4, -0.2) is 21.5 Å². The van der Waals surface area contributed by atoms with E-state index in [1.807, 2.05) is 0 Å². The molecule has 0 saturated carbocycles. The molecule has 2 aromatic rings. The van der Waals surface area contributed by atoms with Crippen LogP contribution < -0.4 is 5.56 Å². The van der Waals surface area contributed by atoms with Crippen molar-refractivity contribution in [1.29, 1.82) is 0 Å². The van der Waals surface area contributed by atoms with Crippen LogP contribution in [0.5, 0.6) is 0 Å². The van der Waals surface area contributed by atoms with E-state index < -0.39 is 17.1 Å². The van der Waals surface area contributed by atoms with Crippen LogP contribution in [0.15, 0.2) is 15.5 Å². The third-order valence-electron chi connectivity index (χ3n) is 2.27. The standard InChI is InChI=1S/C12H14N2O4/c1-6-7(11(16)18-12(2,3)4)8-9(15)13-5-14-10(8)17-6/h5H,1-4H3,(H,13,14,15). The maximum absolute atomic E-state index is 12.0. The number of aryl methyl sites for hydroxylation is 1. The molecule has 0 aliphatic carbocycles. The number of carbonyl (C=O) groups is 1. The summed E-state index contributed by atoms with van der Waals surface area (Å²) < 4.78 is 10.5. The maximum Gasteiger partial charge on any atom is 0.343 e. The Morgan fingerprint density at radius 3 is 2.72 bits per heavy atom. The first-order valence-corrected chi connectivity index (χ1v) is 5.50. The average Bonchev–Trinajstić information content (AvgIpc) is 2.53. The third kappa shape index (κ3) is 2.13. The number of aromatic amines is 1. The Morgan fingerprint density at radius 1 is 1.44 bits per heavy atom. The van der Waals surface area contributed by atoms with Crippen LogP contribution in [0.4, 0.5) is 0 Å². The van der Waals surface area contributed by atoms with E-state index in [1.54, 1.807) is 27.7 Å². The molecule has 0 aliphatic rings. The second-order valence-corrected chi connectivity index (χ2v) is 4.95. The van der Waals surface area contributed by atoms with Gasteiger partial charge in [0.2, 0.25) is 5.71 Å². The lowest BCUT2D eigenvalue weighted by Crippen LogP contribution is -2.24. The second-order valence-electron chi connectivity index (χ2n) is 4.95. The van der Waals surface area contributed by atoms with Gasteiger partial charge in [0.25, 0.3) is 5.56 Å².